The van der Waals surface area contributed by atoms with E-state index in [0.717, 1.165) is 5.56 Å². The predicted octanol–water partition coefficient (Wildman–Crippen LogP) is 3.49. The van der Waals surface area contributed by atoms with Gasteiger partial charge in [0, 0.05) is 16.6 Å². The number of rotatable bonds is 7. The zero-order valence-electron chi connectivity index (χ0n) is 11.6. The second-order valence-electron chi connectivity index (χ2n) is 4.50. The lowest BCUT2D eigenvalue weighted by molar-refractivity contribution is 0.126. The number of nitrogens with one attached hydrogen (secondary N) is 1. The van der Waals surface area contributed by atoms with Crippen molar-refractivity contribution < 1.29 is 13.2 Å². The molecule has 0 amide bonds. The number of hydrogen-bond acceptors (Lipinski definition) is 3. The molecule has 0 aromatic heterocycles. The lowest BCUT2D eigenvalue weighted by atomic mass is 10.2. The molecule has 0 atom stereocenters. The average Bonchev–Trinajstić information content (AvgIpc) is 2.50. The zero-order valence-corrected chi connectivity index (χ0v) is 14.0. The van der Waals surface area contributed by atoms with Gasteiger partial charge in [-0.25, -0.2) is 13.1 Å². The van der Waals surface area contributed by atoms with Gasteiger partial charge < -0.3 is 4.74 Å². The molecular formula is C15H15Cl2NO3S. The molecule has 0 saturated heterocycles. The number of halogens is 2. The Bertz CT molecular complexity index is 721. The van der Waals surface area contributed by atoms with Gasteiger partial charge in [-0.05, 0) is 29.8 Å². The third kappa shape index (κ3) is 4.97. The average molecular weight is 360 g/mol. The normalized spacial score (nSPS) is 11.5. The van der Waals surface area contributed by atoms with E-state index in [-0.39, 0.29) is 18.0 Å². The van der Waals surface area contributed by atoms with Gasteiger partial charge in [0.15, 0.2) is 0 Å². The highest BCUT2D eigenvalue weighted by Gasteiger charge is 2.12. The quantitative estimate of drug-likeness (QED) is 0.769. The van der Waals surface area contributed by atoms with Crippen LogP contribution in [0.5, 0.6) is 0 Å². The van der Waals surface area contributed by atoms with E-state index in [4.69, 9.17) is 27.9 Å². The Balaban J connectivity index is 1.78. The molecule has 1 N–H and O–H groups in total. The molecule has 0 fully saturated rings. The van der Waals surface area contributed by atoms with Gasteiger partial charge >= 0.3 is 0 Å². The first kappa shape index (κ1) is 17.2. The van der Waals surface area contributed by atoms with Crippen LogP contribution in [0.1, 0.15) is 5.56 Å². The molecule has 22 heavy (non-hydrogen) atoms. The van der Waals surface area contributed by atoms with Crippen LogP contribution in [0.4, 0.5) is 0 Å². The Morgan fingerprint density at radius 2 is 1.77 bits per heavy atom. The third-order valence-corrected chi connectivity index (χ3v) is 4.93. The summed E-state index contributed by atoms with van der Waals surface area (Å²) in [4.78, 5) is 0.232. The number of ether oxygens (including phenoxy) is 1. The fourth-order valence-electron chi connectivity index (χ4n) is 1.75. The predicted molar refractivity (Wildman–Crippen MR) is 87.7 cm³/mol. The first-order chi connectivity index (χ1) is 10.5. The van der Waals surface area contributed by atoms with Crippen molar-refractivity contribution in [3.05, 3.63) is 64.1 Å². The summed E-state index contributed by atoms with van der Waals surface area (Å²) in [5.74, 6) is 0. The summed E-state index contributed by atoms with van der Waals surface area (Å²) in [7, 11) is -3.49. The lowest BCUT2D eigenvalue weighted by Crippen LogP contribution is -2.27. The van der Waals surface area contributed by atoms with Crippen LogP contribution in [0.2, 0.25) is 10.0 Å². The minimum atomic E-state index is -3.49. The molecule has 0 saturated carbocycles. The van der Waals surface area contributed by atoms with Crippen molar-refractivity contribution in [2.24, 2.45) is 0 Å². The smallest absolute Gasteiger partial charge is 0.240 e. The Kier molecular flexibility index (Phi) is 6.23. The van der Waals surface area contributed by atoms with Crippen LogP contribution < -0.4 is 4.72 Å². The fourth-order valence-corrected chi connectivity index (χ4v) is 3.25. The van der Waals surface area contributed by atoms with E-state index < -0.39 is 10.0 Å². The molecule has 4 nitrogen and oxygen atoms in total. The first-order valence-corrected chi connectivity index (χ1v) is 8.79. The monoisotopic (exact) mass is 359 g/mol. The number of sulfonamides is 1. The maximum absolute atomic E-state index is 12.0. The van der Waals surface area contributed by atoms with E-state index in [1.165, 1.54) is 12.1 Å². The second kappa shape index (κ2) is 7.94. The number of benzene rings is 2. The van der Waals surface area contributed by atoms with E-state index in [9.17, 15) is 8.42 Å². The van der Waals surface area contributed by atoms with Gasteiger partial charge in [-0.3, -0.25) is 0 Å². The van der Waals surface area contributed by atoms with Crippen molar-refractivity contribution in [3.8, 4) is 0 Å². The molecule has 118 valence electrons. The molecule has 0 aliphatic rings. The van der Waals surface area contributed by atoms with Gasteiger partial charge in [-0.15, -0.1) is 0 Å². The Morgan fingerprint density at radius 3 is 2.45 bits per heavy atom. The van der Waals surface area contributed by atoms with Crippen LogP contribution in [0.3, 0.4) is 0 Å². The highest BCUT2D eigenvalue weighted by atomic mass is 35.5. The molecule has 0 heterocycles. The Hall–Kier alpha value is -1.11. The van der Waals surface area contributed by atoms with Crippen molar-refractivity contribution >= 4 is 33.2 Å². The van der Waals surface area contributed by atoms with Gasteiger partial charge in [-0.1, -0.05) is 47.5 Å². The maximum Gasteiger partial charge on any atom is 0.240 e. The molecule has 0 aliphatic heterocycles. The van der Waals surface area contributed by atoms with Gasteiger partial charge in [0.25, 0.3) is 0 Å². The summed E-state index contributed by atoms with van der Waals surface area (Å²) in [5, 5.41) is 1.08. The SMILES string of the molecule is O=S(=O)(NCCOCc1ccc(Cl)cc1Cl)c1ccccc1. The van der Waals surface area contributed by atoms with Crippen LogP contribution in [0, 0.1) is 0 Å². The second-order valence-corrected chi connectivity index (χ2v) is 7.11. The standard InChI is InChI=1S/C15H15Cl2NO3S/c16-13-7-6-12(15(17)10-13)11-21-9-8-18-22(19,20)14-4-2-1-3-5-14/h1-7,10,18H,8-9,11H2. The zero-order chi connectivity index (χ0) is 16.0. The largest absolute Gasteiger partial charge is 0.375 e. The topological polar surface area (TPSA) is 55.4 Å². The fraction of sp³-hybridized carbons (Fsp3) is 0.200. The highest BCUT2D eigenvalue weighted by Crippen LogP contribution is 2.21. The van der Waals surface area contributed by atoms with Crippen molar-refractivity contribution in [1.29, 1.82) is 0 Å². The minimum Gasteiger partial charge on any atom is -0.375 e. The van der Waals surface area contributed by atoms with E-state index in [0.29, 0.717) is 16.7 Å². The summed E-state index contributed by atoms with van der Waals surface area (Å²) in [6.07, 6.45) is 0. The lowest BCUT2D eigenvalue weighted by Gasteiger charge is -2.08. The highest BCUT2D eigenvalue weighted by molar-refractivity contribution is 7.89. The van der Waals surface area contributed by atoms with Crippen LogP contribution in [0.25, 0.3) is 0 Å². The Morgan fingerprint density at radius 1 is 1.05 bits per heavy atom. The molecule has 0 unspecified atom stereocenters. The first-order valence-electron chi connectivity index (χ1n) is 6.55. The van der Waals surface area contributed by atoms with Crippen molar-refractivity contribution in [2.75, 3.05) is 13.2 Å². The summed E-state index contributed by atoms with van der Waals surface area (Å²) in [6, 6.07) is 13.3. The molecule has 0 bridgehead atoms. The summed E-state index contributed by atoms with van der Waals surface area (Å²) in [5.41, 5.74) is 0.803. The van der Waals surface area contributed by atoms with Crippen molar-refractivity contribution in [3.63, 3.8) is 0 Å². The number of hydrogen-bond donors (Lipinski definition) is 1. The summed E-state index contributed by atoms with van der Waals surface area (Å²) >= 11 is 11.8. The molecular weight excluding hydrogens is 345 g/mol. The molecule has 2 rings (SSSR count). The minimum absolute atomic E-state index is 0.183. The molecule has 0 radical (unpaired) electrons. The van der Waals surface area contributed by atoms with Gasteiger partial charge in [0.05, 0.1) is 18.1 Å². The van der Waals surface area contributed by atoms with E-state index in [1.807, 2.05) is 0 Å². The van der Waals surface area contributed by atoms with Gasteiger partial charge in [0.2, 0.25) is 10.0 Å². The molecule has 7 heteroatoms. The summed E-state index contributed by atoms with van der Waals surface area (Å²) < 4.78 is 31.8. The van der Waals surface area contributed by atoms with Crippen LogP contribution in [0.15, 0.2) is 53.4 Å². The maximum atomic E-state index is 12.0. The van der Waals surface area contributed by atoms with Crippen LogP contribution >= 0.6 is 23.2 Å². The molecule has 2 aromatic rings. The summed E-state index contributed by atoms with van der Waals surface area (Å²) in [6.45, 7) is 0.719. The Labute approximate surface area is 140 Å². The van der Waals surface area contributed by atoms with Crippen molar-refractivity contribution in [2.45, 2.75) is 11.5 Å². The third-order valence-electron chi connectivity index (χ3n) is 2.86. The van der Waals surface area contributed by atoms with Crippen LogP contribution in [-0.2, 0) is 21.4 Å². The van der Waals surface area contributed by atoms with Crippen molar-refractivity contribution in [1.82, 2.24) is 4.72 Å². The molecule has 0 aliphatic carbocycles. The van der Waals surface area contributed by atoms with Crippen LogP contribution in [-0.4, -0.2) is 21.6 Å². The van der Waals surface area contributed by atoms with E-state index in [1.54, 1.807) is 36.4 Å². The van der Waals surface area contributed by atoms with Gasteiger partial charge in [0.1, 0.15) is 0 Å². The van der Waals surface area contributed by atoms with E-state index >= 15 is 0 Å². The molecule has 2 aromatic carbocycles. The van der Waals surface area contributed by atoms with Gasteiger partial charge in [-0.2, -0.15) is 0 Å². The van der Waals surface area contributed by atoms with E-state index in [2.05, 4.69) is 4.72 Å². The molecule has 0 spiro atoms.